The zero-order valence-corrected chi connectivity index (χ0v) is 9.57. The van der Waals surface area contributed by atoms with Gasteiger partial charge in [0, 0.05) is 0 Å². The summed E-state index contributed by atoms with van der Waals surface area (Å²) in [6.45, 7) is 5.93. The lowest BCUT2D eigenvalue weighted by molar-refractivity contribution is 0.467. The molecule has 1 N–H and O–H groups in total. The molecule has 0 bridgehead atoms. The molecule has 0 aliphatic carbocycles. The Morgan fingerprint density at radius 2 is 2.00 bits per heavy atom. The predicted molar refractivity (Wildman–Crippen MR) is 63.0 cm³/mol. The normalized spacial score (nSPS) is 11.2. The average Bonchev–Trinajstić information content (AvgIpc) is 2.15. The van der Waals surface area contributed by atoms with E-state index in [1.165, 1.54) is 0 Å². The first-order valence-corrected chi connectivity index (χ1v) is 5.27. The minimum Gasteiger partial charge on any atom is -0.507 e. The Morgan fingerprint density at radius 1 is 1.31 bits per heavy atom. The Morgan fingerprint density at radius 3 is 2.62 bits per heavy atom. The van der Waals surface area contributed by atoms with E-state index in [1.54, 1.807) is 0 Å². The van der Waals surface area contributed by atoms with Gasteiger partial charge in [-0.1, -0.05) is 26.0 Å². The van der Waals surface area contributed by atoms with Crippen molar-refractivity contribution in [3.05, 3.63) is 39.7 Å². The molecule has 0 fully saturated rings. The lowest BCUT2D eigenvalue weighted by Crippen LogP contribution is -2.00. The molecule has 2 aromatic rings. The maximum absolute atomic E-state index is 11.3. The van der Waals surface area contributed by atoms with Gasteiger partial charge in [-0.25, -0.2) is 4.79 Å². The third kappa shape index (κ3) is 1.58. The summed E-state index contributed by atoms with van der Waals surface area (Å²) in [7, 11) is 0. The highest BCUT2D eigenvalue weighted by Gasteiger charge is 2.13. The highest BCUT2D eigenvalue weighted by Crippen LogP contribution is 2.31. The van der Waals surface area contributed by atoms with Crippen LogP contribution < -0.4 is 5.63 Å². The fourth-order valence-corrected chi connectivity index (χ4v) is 1.89. The van der Waals surface area contributed by atoms with Gasteiger partial charge >= 0.3 is 5.63 Å². The van der Waals surface area contributed by atoms with Crippen molar-refractivity contribution in [1.29, 1.82) is 0 Å². The summed E-state index contributed by atoms with van der Waals surface area (Å²) in [6.07, 6.45) is 0. The summed E-state index contributed by atoms with van der Waals surface area (Å²) in [5.74, 6) is 0.235. The van der Waals surface area contributed by atoms with Gasteiger partial charge in [-0.2, -0.15) is 0 Å². The third-order valence-electron chi connectivity index (χ3n) is 2.73. The van der Waals surface area contributed by atoms with E-state index in [9.17, 15) is 9.90 Å². The molecule has 3 nitrogen and oxygen atoms in total. The van der Waals surface area contributed by atoms with Gasteiger partial charge in [0.1, 0.15) is 11.3 Å². The zero-order valence-electron chi connectivity index (χ0n) is 9.57. The van der Waals surface area contributed by atoms with E-state index in [1.807, 2.05) is 32.9 Å². The largest absolute Gasteiger partial charge is 0.507 e. The number of fused-ring (bicyclic) bond motifs is 1. The van der Waals surface area contributed by atoms with Gasteiger partial charge in [0.05, 0.1) is 11.5 Å². The second kappa shape index (κ2) is 3.67. The second-order valence-electron chi connectivity index (χ2n) is 4.28. The molecule has 0 saturated heterocycles. The monoisotopic (exact) mass is 218 g/mol. The van der Waals surface area contributed by atoms with E-state index in [-0.39, 0.29) is 11.7 Å². The Bertz CT molecular complexity index is 594. The van der Waals surface area contributed by atoms with Crippen molar-refractivity contribution in [1.82, 2.24) is 0 Å². The molecule has 0 spiro atoms. The van der Waals surface area contributed by atoms with Gasteiger partial charge in [0.25, 0.3) is 0 Å². The van der Waals surface area contributed by atoms with Crippen LogP contribution in [0.25, 0.3) is 11.0 Å². The number of benzene rings is 1. The highest BCUT2D eigenvalue weighted by molar-refractivity contribution is 5.88. The van der Waals surface area contributed by atoms with Crippen LogP contribution in [-0.2, 0) is 0 Å². The Hall–Kier alpha value is -1.77. The van der Waals surface area contributed by atoms with Crippen LogP contribution in [0.2, 0.25) is 0 Å². The molecule has 0 unspecified atom stereocenters. The summed E-state index contributed by atoms with van der Waals surface area (Å²) in [5.41, 5.74) is 1.83. The molecule has 0 saturated carbocycles. The van der Waals surface area contributed by atoms with Crippen LogP contribution in [-0.4, -0.2) is 5.11 Å². The summed E-state index contributed by atoms with van der Waals surface area (Å²) >= 11 is 0. The first-order valence-electron chi connectivity index (χ1n) is 5.27. The predicted octanol–water partition coefficient (Wildman–Crippen LogP) is 2.93. The summed E-state index contributed by atoms with van der Waals surface area (Å²) in [6, 6.07) is 4.97. The van der Waals surface area contributed by atoms with Gasteiger partial charge in [-0.3, -0.25) is 0 Å². The lowest BCUT2D eigenvalue weighted by atomic mass is 9.98. The number of aryl methyl sites for hydroxylation is 1. The van der Waals surface area contributed by atoms with Gasteiger partial charge in [-0.15, -0.1) is 0 Å². The topological polar surface area (TPSA) is 50.4 Å². The molecule has 2 rings (SSSR count). The zero-order chi connectivity index (χ0) is 11.9. The van der Waals surface area contributed by atoms with E-state index < -0.39 is 5.63 Å². The average molecular weight is 218 g/mol. The van der Waals surface area contributed by atoms with Crippen LogP contribution in [0.4, 0.5) is 0 Å². The lowest BCUT2D eigenvalue weighted by Gasteiger charge is -2.10. The van der Waals surface area contributed by atoms with Gasteiger partial charge in [0.15, 0.2) is 0 Å². The van der Waals surface area contributed by atoms with Crippen molar-refractivity contribution in [2.24, 2.45) is 0 Å². The second-order valence-corrected chi connectivity index (χ2v) is 4.28. The van der Waals surface area contributed by atoms with E-state index in [0.29, 0.717) is 11.0 Å². The van der Waals surface area contributed by atoms with Gasteiger partial charge in [-0.05, 0) is 24.0 Å². The van der Waals surface area contributed by atoms with Crippen molar-refractivity contribution >= 4 is 11.0 Å². The Labute approximate surface area is 93.3 Å². The molecule has 3 heteroatoms. The summed E-state index contributed by atoms with van der Waals surface area (Å²) in [5, 5.41) is 10.4. The molecule has 0 aliphatic heterocycles. The third-order valence-corrected chi connectivity index (χ3v) is 2.73. The quantitative estimate of drug-likeness (QED) is 0.749. The molecule has 1 aromatic heterocycles. The molecular formula is C13H14O3. The molecule has 1 aromatic carbocycles. The number of rotatable bonds is 1. The van der Waals surface area contributed by atoms with Gasteiger partial charge < -0.3 is 9.52 Å². The SMILES string of the molecule is Cc1ccc(C(C)C)c2oc(=O)cc(O)c12. The van der Waals surface area contributed by atoms with Crippen molar-refractivity contribution < 1.29 is 9.52 Å². The molecule has 0 radical (unpaired) electrons. The summed E-state index contributed by atoms with van der Waals surface area (Å²) < 4.78 is 5.20. The molecule has 0 aliphatic rings. The Balaban J connectivity index is 2.98. The fraction of sp³-hybridized carbons (Fsp3) is 0.308. The van der Waals surface area contributed by atoms with Crippen LogP contribution in [0.1, 0.15) is 30.9 Å². The van der Waals surface area contributed by atoms with E-state index in [2.05, 4.69) is 0 Å². The van der Waals surface area contributed by atoms with E-state index >= 15 is 0 Å². The van der Waals surface area contributed by atoms with Crippen molar-refractivity contribution in [2.75, 3.05) is 0 Å². The van der Waals surface area contributed by atoms with Crippen LogP contribution in [0, 0.1) is 6.92 Å². The van der Waals surface area contributed by atoms with Crippen LogP contribution in [0.3, 0.4) is 0 Å². The van der Waals surface area contributed by atoms with Crippen molar-refractivity contribution in [2.45, 2.75) is 26.7 Å². The first-order chi connectivity index (χ1) is 7.50. The van der Waals surface area contributed by atoms with Crippen molar-refractivity contribution in [3.63, 3.8) is 0 Å². The Kier molecular flexibility index (Phi) is 2.46. The van der Waals surface area contributed by atoms with Crippen LogP contribution >= 0.6 is 0 Å². The fourth-order valence-electron chi connectivity index (χ4n) is 1.89. The molecule has 1 heterocycles. The molecular weight excluding hydrogens is 204 g/mol. The molecule has 16 heavy (non-hydrogen) atoms. The van der Waals surface area contributed by atoms with E-state index in [0.717, 1.165) is 17.2 Å². The maximum atomic E-state index is 11.3. The van der Waals surface area contributed by atoms with Crippen LogP contribution in [0.5, 0.6) is 5.75 Å². The number of aromatic hydroxyl groups is 1. The van der Waals surface area contributed by atoms with Gasteiger partial charge in [0.2, 0.25) is 0 Å². The van der Waals surface area contributed by atoms with Crippen LogP contribution in [0.15, 0.2) is 27.4 Å². The molecule has 0 atom stereocenters. The first kappa shape index (κ1) is 10.7. The standard InChI is InChI=1S/C13H14O3/c1-7(2)9-5-4-8(3)12-10(14)6-11(15)16-13(9)12/h4-7,14H,1-3H3. The minimum atomic E-state index is -0.516. The number of hydrogen-bond acceptors (Lipinski definition) is 3. The minimum absolute atomic E-state index is 0.00810. The maximum Gasteiger partial charge on any atom is 0.339 e. The smallest absolute Gasteiger partial charge is 0.339 e. The molecule has 0 amide bonds. The van der Waals surface area contributed by atoms with Crippen molar-refractivity contribution in [3.8, 4) is 5.75 Å². The van der Waals surface area contributed by atoms with E-state index in [4.69, 9.17) is 4.42 Å². The molecule has 84 valence electrons. The highest BCUT2D eigenvalue weighted by atomic mass is 16.4. The summed E-state index contributed by atoms with van der Waals surface area (Å²) in [4.78, 5) is 11.3. The number of hydrogen-bond donors (Lipinski definition) is 1.